The van der Waals surface area contributed by atoms with Gasteiger partial charge in [-0.3, -0.25) is 14.5 Å². The van der Waals surface area contributed by atoms with Gasteiger partial charge < -0.3 is 9.80 Å². The highest BCUT2D eigenvalue weighted by atomic mass is 16.2. The van der Waals surface area contributed by atoms with Crippen LogP contribution in [0, 0.1) is 0 Å². The molecule has 0 N–H and O–H groups in total. The summed E-state index contributed by atoms with van der Waals surface area (Å²) in [6.07, 6.45) is 4.42. The van der Waals surface area contributed by atoms with Crippen LogP contribution in [0.2, 0.25) is 0 Å². The molecule has 0 spiro atoms. The van der Waals surface area contributed by atoms with Crippen molar-refractivity contribution in [3.05, 3.63) is 60.7 Å². The Kier molecular flexibility index (Phi) is 7.60. The Morgan fingerprint density at radius 3 is 2.12 bits per heavy atom. The maximum atomic E-state index is 12.6. The molecule has 1 aromatic rings. The lowest BCUT2D eigenvalue weighted by Crippen LogP contribution is -2.51. The van der Waals surface area contributed by atoms with Gasteiger partial charge in [-0.1, -0.05) is 31.2 Å². The topological polar surface area (TPSA) is 43.9 Å². The molecule has 1 aromatic carbocycles. The third-order valence-electron chi connectivity index (χ3n) is 4.68. The van der Waals surface area contributed by atoms with E-state index < -0.39 is 0 Å². The number of carbonyl (C=O) groups excluding carboxylic acids is 2. The molecule has 26 heavy (non-hydrogen) atoms. The minimum atomic E-state index is 0.0681. The van der Waals surface area contributed by atoms with E-state index in [9.17, 15) is 9.59 Å². The molecule has 1 heterocycles. The number of piperazine rings is 1. The van der Waals surface area contributed by atoms with Crippen LogP contribution in [0.1, 0.15) is 22.8 Å². The van der Waals surface area contributed by atoms with Gasteiger partial charge in [0.25, 0.3) is 5.91 Å². The Hall–Kier alpha value is -2.40. The number of benzene rings is 1. The molecular formula is C21H29N3O2. The Labute approximate surface area is 156 Å². The van der Waals surface area contributed by atoms with Crippen LogP contribution in [0.4, 0.5) is 0 Å². The summed E-state index contributed by atoms with van der Waals surface area (Å²) in [4.78, 5) is 30.7. The molecule has 0 aromatic heterocycles. The van der Waals surface area contributed by atoms with E-state index in [0.29, 0.717) is 45.8 Å². The summed E-state index contributed by atoms with van der Waals surface area (Å²) in [5.74, 6) is 0.137. The Bertz CT molecular complexity index is 621. The van der Waals surface area contributed by atoms with Gasteiger partial charge in [-0.05, 0) is 24.1 Å². The zero-order chi connectivity index (χ0) is 18.9. The van der Waals surface area contributed by atoms with Crippen molar-refractivity contribution in [1.29, 1.82) is 0 Å². The average Bonchev–Trinajstić information content (AvgIpc) is 2.68. The van der Waals surface area contributed by atoms with E-state index in [-0.39, 0.29) is 11.8 Å². The van der Waals surface area contributed by atoms with Gasteiger partial charge in [0.05, 0.1) is 6.54 Å². The van der Waals surface area contributed by atoms with Gasteiger partial charge in [-0.15, -0.1) is 13.2 Å². The van der Waals surface area contributed by atoms with Crippen LogP contribution in [0.15, 0.2) is 49.6 Å². The zero-order valence-corrected chi connectivity index (χ0v) is 15.7. The Balaban J connectivity index is 1.85. The first-order valence-corrected chi connectivity index (χ1v) is 9.19. The highest BCUT2D eigenvalue weighted by molar-refractivity contribution is 5.94. The molecule has 2 amide bonds. The fourth-order valence-electron chi connectivity index (χ4n) is 3.06. The van der Waals surface area contributed by atoms with Crippen molar-refractivity contribution in [2.45, 2.75) is 13.3 Å². The van der Waals surface area contributed by atoms with Crippen LogP contribution in [-0.4, -0.2) is 72.3 Å². The summed E-state index contributed by atoms with van der Waals surface area (Å²) in [6, 6.07) is 7.82. The summed E-state index contributed by atoms with van der Waals surface area (Å²) in [6.45, 7) is 13.6. The summed E-state index contributed by atoms with van der Waals surface area (Å²) in [7, 11) is 0. The van der Waals surface area contributed by atoms with Crippen molar-refractivity contribution in [2.75, 3.05) is 45.8 Å². The fraction of sp³-hybridized carbons (Fsp3) is 0.429. The van der Waals surface area contributed by atoms with E-state index in [4.69, 9.17) is 0 Å². The van der Waals surface area contributed by atoms with Gasteiger partial charge in [0, 0.05) is 44.8 Å². The van der Waals surface area contributed by atoms with Gasteiger partial charge in [0.2, 0.25) is 5.91 Å². The number of nitrogens with zero attached hydrogens (tertiary/aromatic N) is 3. The highest BCUT2D eigenvalue weighted by Gasteiger charge is 2.24. The number of aryl methyl sites for hydroxylation is 1. The fourth-order valence-corrected chi connectivity index (χ4v) is 3.06. The van der Waals surface area contributed by atoms with Crippen molar-refractivity contribution in [1.82, 2.24) is 14.7 Å². The first kappa shape index (κ1) is 19.9. The van der Waals surface area contributed by atoms with Crippen LogP contribution >= 0.6 is 0 Å². The molecule has 1 saturated heterocycles. The Morgan fingerprint density at radius 1 is 1.04 bits per heavy atom. The van der Waals surface area contributed by atoms with E-state index >= 15 is 0 Å². The smallest absolute Gasteiger partial charge is 0.253 e. The van der Waals surface area contributed by atoms with E-state index in [1.165, 1.54) is 5.56 Å². The number of amides is 2. The van der Waals surface area contributed by atoms with E-state index in [1.807, 2.05) is 29.2 Å². The lowest BCUT2D eigenvalue weighted by atomic mass is 10.1. The summed E-state index contributed by atoms with van der Waals surface area (Å²) >= 11 is 0. The highest BCUT2D eigenvalue weighted by Crippen LogP contribution is 2.11. The molecule has 140 valence electrons. The molecule has 0 aliphatic carbocycles. The number of hydrogen-bond donors (Lipinski definition) is 0. The minimum Gasteiger partial charge on any atom is -0.336 e. The van der Waals surface area contributed by atoms with Gasteiger partial charge in [-0.25, -0.2) is 0 Å². The van der Waals surface area contributed by atoms with Crippen molar-refractivity contribution < 1.29 is 9.59 Å². The number of rotatable bonds is 8. The van der Waals surface area contributed by atoms with Gasteiger partial charge >= 0.3 is 0 Å². The average molecular weight is 355 g/mol. The van der Waals surface area contributed by atoms with Crippen LogP contribution < -0.4 is 0 Å². The number of carbonyl (C=O) groups is 2. The maximum Gasteiger partial charge on any atom is 0.253 e. The van der Waals surface area contributed by atoms with Crippen LogP contribution in [0.25, 0.3) is 0 Å². The van der Waals surface area contributed by atoms with Gasteiger partial charge in [-0.2, -0.15) is 0 Å². The SMILES string of the molecule is C=CCN(CC=C)C(=O)CN1CCN(C(=O)c2ccc(CC)cc2)CC1. The lowest BCUT2D eigenvalue weighted by Gasteiger charge is -2.35. The molecule has 2 rings (SSSR count). The third-order valence-corrected chi connectivity index (χ3v) is 4.68. The zero-order valence-electron chi connectivity index (χ0n) is 15.7. The molecule has 0 bridgehead atoms. The van der Waals surface area contributed by atoms with Crippen molar-refractivity contribution in [3.63, 3.8) is 0 Å². The van der Waals surface area contributed by atoms with Crippen LogP contribution in [0.3, 0.4) is 0 Å². The van der Waals surface area contributed by atoms with Crippen molar-refractivity contribution in [3.8, 4) is 0 Å². The van der Waals surface area contributed by atoms with E-state index in [1.54, 1.807) is 17.1 Å². The molecule has 0 radical (unpaired) electrons. The van der Waals surface area contributed by atoms with Crippen LogP contribution in [-0.2, 0) is 11.2 Å². The van der Waals surface area contributed by atoms with Crippen LogP contribution in [0.5, 0.6) is 0 Å². The lowest BCUT2D eigenvalue weighted by molar-refractivity contribution is -0.131. The standard InChI is InChI=1S/C21H29N3O2/c1-4-11-23(12-5-2)20(25)17-22-13-15-24(16-14-22)21(26)19-9-7-18(6-3)8-10-19/h4-5,7-10H,1-2,6,11-17H2,3H3. The second-order valence-corrected chi connectivity index (χ2v) is 6.49. The van der Waals surface area contributed by atoms with E-state index in [0.717, 1.165) is 12.0 Å². The molecule has 0 saturated carbocycles. The van der Waals surface area contributed by atoms with E-state index in [2.05, 4.69) is 25.0 Å². The van der Waals surface area contributed by atoms with Gasteiger partial charge in [0.1, 0.15) is 0 Å². The molecule has 5 heteroatoms. The molecule has 0 atom stereocenters. The normalized spacial score (nSPS) is 14.7. The molecule has 5 nitrogen and oxygen atoms in total. The second kappa shape index (κ2) is 9.92. The predicted molar refractivity (Wildman–Crippen MR) is 105 cm³/mol. The largest absolute Gasteiger partial charge is 0.336 e. The summed E-state index contributed by atoms with van der Waals surface area (Å²) in [5.41, 5.74) is 1.96. The molecule has 0 unspecified atom stereocenters. The Morgan fingerprint density at radius 2 is 1.62 bits per heavy atom. The summed E-state index contributed by atoms with van der Waals surface area (Å²) in [5, 5.41) is 0. The van der Waals surface area contributed by atoms with Crippen molar-refractivity contribution in [2.24, 2.45) is 0 Å². The third kappa shape index (κ3) is 5.30. The first-order valence-electron chi connectivity index (χ1n) is 9.19. The second-order valence-electron chi connectivity index (χ2n) is 6.49. The number of hydrogen-bond acceptors (Lipinski definition) is 3. The molecule has 1 aliphatic rings. The van der Waals surface area contributed by atoms with Gasteiger partial charge in [0.15, 0.2) is 0 Å². The maximum absolute atomic E-state index is 12.6. The molecular weight excluding hydrogens is 326 g/mol. The van der Waals surface area contributed by atoms with Crippen molar-refractivity contribution >= 4 is 11.8 Å². The molecule has 1 fully saturated rings. The predicted octanol–water partition coefficient (Wildman–Crippen LogP) is 2.21. The first-order chi connectivity index (χ1) is 12.6. The molecule has 1 aliphatic heterocycles. The monoisotopic (exact) mass is 355 g/mol. The summed E-state index contributed by atoms with van der Waals surface area (Å²) < 4.78 is 0. The minimum absolute atomic E-state index is 0.0681. The quantitative estimate of drug-likeness (QED) is 0.672.